The van der Waals surface area contributed by atoms with Crippen molar-refractivity contribution in [2.45, 2.75) is 25.9 Å². The van der Waals surface area contributed by atoms with Crippen molar-refractivity contribution in [2.24, 2.45) is 5.92 Å². The Bertz CT molecular complexity index is 186. The first-order chi connectivity index (χ1) is 5.75. The van der Waals surface area contributed by atoms with Crippen molar-refractivity contribution in [1.29, 1.82) is 0 Å². The number of hydrogen-bond donors (Lipinski definition) is 1. The summed E-state index contributed by atoms with van der Waals surface area (Å²) in [5, 5.41) is 9.42. The summed E-state index contributed by atoms with van der Waals surface area (Å²) in [7, 11) is 0. The van der Waals surface area contributed by atoms with Crippen LogP contribution in [0.2, 0.25) is 0 Å². The van der Waals surface area contributed by atoms with Crippen molar-refractivity contribution in [2.75, 3.05) is 6.61 Å². The maximum atomic E-state index is 11.0. The highest BCUT2D eigenvalue weighted by Gasteiger charge is 2.26. The number of aliphatic hydroxyl groups excluding tert-OH is 1. The lowest BCUT2D eigenvalue weighted by molar-refractivity contribution is -0.155. The molecule has 0 radical (unpaired) electrons. The predicted octanol–water partition coefficient (Wildman–Crippen LogP) is 0.877. The topological polar surface area (TPSA) is 46.5 Å². The first-order valence-corrected chi connectivity index (χ1v) is 4.27. The number of aliphatic hydroxyl groups is 1. The molecule has 68 valence electrons. The monoisotopic (exact) mass is 170 g/mol. The molecular weight excluding hydrogens is 156 g/mol. The fourth-order valence-corrected chi connectivity index (χ4v) is 1.32. The summed E-state index contributed by atoms with van der Waals surface area (Å²) >= 11 is 0. The third-order valence-corrected chi connectivity index (χ3v) is 1.98. The van der Waals surface area contributed by atoms with Gasteiger partial charge in [0, 0.05) is 5.92 Å². The molecule has 1 N–H and O–H groups in total. The highest BCUT2D eigenvalue weighted by molar-refractivity contribution is 5.75. The molecule has 0 unspecified atom stereocenters. The van der Waals surface area contributed by atoms with E-state index in [1.165, 1.54) is 0 Å². The van der Waals surface area contributed by atoms with Crippen LogP contribution in [0.15, 0.2) is 12.2 Å². The smallest absolute Gasteiger partial charge is 0.335 e. The Hall–Kier alpha value is -0.830. The lowest BCUT2D eigenvalue weighted by Crippen LogP contribution is -2.29. The number of hydrogen-bond acceptors (Lipinski definition) is 3. The van der Waals surface area contributed by atoms with Crippen molar-refractivity contribution < 1.29 is 14.6 Å². The van der Waals surface area contributed by atoms with Crippen molar-refractivity contribution in [1.82, 2.24) is 0 Å². The van der Waals surface area contributed by atoms with E-state index >= 15 is 0 Å². The van der Waals surface area contributed by atoms with Crippen LogP contribution in [0, 0.1) is 5.92 Å². The highest BCUT2D eigenvalue weighted by Crippen LogP contribution is 2.21. The van der Waals surface area contributed by atoms with E-state index < -0.39 is 12.1 Å². The average molecular weight is 170 g/mol. The van der Waals surface area contributed by atoms with E-state index in [1.54, 1.807) is 6.92 Å². The molecule has 0 spiro atoms. The molecule has 3 nitrogen and oxygen atoms in total. The van der Waals surface area contributed by atoms with Crippen LogP contribution in [-0.2, 0) is 9.53 Å². The molecule has 12 heavy (non-hydrogen) atoms. The Morgan fingerprint density at radius 2 is 2.58 bits per heavy atom. The zero-order chi connectivity index (χ0) is 8.97. The standard InChI is InChI=1S/C9H14O3/c1-2-12-9(11)8(10)7-5-3-4-6-7/h3,5,7-8,10H,2,4,6H2,1H3/t7-,8+/m0/s1. The molecule has 0 saturated carbocycles. The Kier molecular flexibility index (Phi) is 3.29. The molecule has 3 heteroatoms. The molecule has 0 aromatic heterocycles. The predicted molar refractivity (Wildman–Crippen MR) is 44.5 cm³/mol. The molecule has 0 aliphatic heterocycles. The second-order valence-electron chi connectivity index (χ2n) is 2.87. The van der Waals surface area contributed by atoms with Gasteiger partial charge in [0.2, 0.25) is 0 Å². The lowest BCUT2D eigenvalue weighted by Gasteiger charge is -2.14. The molecule has 0 aromatic carbocycles. The van der Waals surface area contributed by atoms with Gasteiger partial charge < -0.3 is 9.84 Å². The maximum absolute atomic E-state index is 11.0. The van der Waals surface area contributed by atoms with Gasteiger partial charge in [-0.05, 0) is 19.8 Å². The van der Waals surface area contributed by atoms with Gasteiger partial charge in [-0.1, -0.05) is 12.2 Å². The molecule has 1 aliphatic rings. The third kappa shape index (κ3) is 2.08. The average Bonchev–Trinajstić information content (AvgIpc) is 2.55. The molecule has 1 rings (SSSR count). The number of allylic oxidation sites excluding steroid dienone is 1. The molecule has 0 fully saturated rings. The number of ether oxygens (including phenoxy) is 1. The normalized spacial score (nSPS) is 24.0. The van der Waals surface area contributed by atoms with Gasteiger partial charge in [-0.2, -0.15) is 0 Å². The van der Waals surface area contributed by atoms with E-state index in [1.807, 2.05) is 12.2 Å². The van der Waals surface area contributed by atoms with Crippen molar-refractivity contribution in [3.8, 4) is 0 Å². The van der Waals surface area contributed by atoms with Gasteiger partial charge in [-0.15, -0.1) is 0 Å². The van der Waals surface area contributed by atoms with Gasteiger partial charge in [0.15, 0.2) is 6.10 Å². The summed E-state index contributed by atoms with van der Waals surface area (Å²) in [6.45, 7) is 2.06. The van der Waals surface area contributed by atoms with E-state index in [0.717, 1.165) is 12.8 Å². The molecule has 0 heterocycles. The van der Waals surface area contributed by atoms with Crippen LogP contribution in [0.3, 0.4) is 0 Å². The van der Waals surface area contributed by atoms with Crippen LogP contribution in [-0.4, -0.2) is 23.8 Å². The van der Waals surface area contributed by atoms with Crippen molar-refractivity contribution >= 4 is 5.97 Å². The van der Waals surface area contributed by atoms with Crippen molar-refractivity contribution in [3.05, 3.63) is 12.2 Å². The summed E-state index contributed by atoms with van der Waals surface area (Å²) < 4.78 is 4.69. The quantitative estimate of drug-likeness (QED) is 0.505. The Labute approximate surface area is 72.0 Å². The fraction of sp³-hybridized carbons (Fsp3) is 0.667. The largest absolute Gasteiger partial charge is 0.464 e. The molecule has 0 bridgehead atoms. The number of rotatable bonds is 3. The molecule has 0 amide bonds. The van der Waals surface area contributed by atoms with Crippen LogP contribution < -0.4 is 0 Å². The summed E-state index contributed by atoms with van der Waals surface area (Å²) in [4.78, 5) is 11.0. The van der Waals surface area contributed by atoms with Gasteiger partial charge in [0.25, 0.3) is 0 Å². The van der Waals surface area contributed by atoms with Gasteiger partial charge in [0.1, 0.15) is 0 Å². The lowest BCUT2D eigenvalue weighted by atomic mass is 10.0. The first-order valence-electron chi connectivity index (χ1n) is 4.27. The Balaban J connectivity index is 2.40. The highest BCUT2D eigenvalue weighted by atomic mass is 16.5. The minimum absolute atomic E-state index is 0.0379. The van der Waals surface area contributed by atoms with E-state index in [0.29, 0.717) is 6.61 Å². The minimum Gasteiger partial charge on any atom is -0.464 e. The molecule has 0 saturated heterocycles. The van der Waals surface area contributed by atoms with E-state index in [-0.39, 0.29) is 5.92 Å². The molecular formula is C9H14O3. The van der Waals surface area contributed by atoms with Crippen LogP contribution in [0.25, 0.3) is 0 Å². The second-order valence-corrected chi connectivity index (χ2v) is 2.87. The van der Waals surface area contributed by atoms with Crippen LogP contribution in [0.5, 0.6) is 0 Å². The number of esters is 1. The zero-order valence-electron chi connectivity index (χ0n) is 7.19. The summed E-state index contributed by atoms with van der Waals surface area (Å²) in [5.74, 6) is -0.543. The third-order valence-electron chi connectivity index (χ3n) is 1.98. The van der Waals surface area contributed by atoms with Crippen molar-refractivity contribution in [3.63, 3.8) is 0 Å². The second kappa shape index (κ2) is 4.26. The molecule has 1 aliphatic carbocycles. The van der Waals surface area contributed by atoms with Gasteiger partial charge in [0.05, 0.1) is 6.61 Å². The maximum Gasteiger partial charge on any atom is 0.335 e. The zero-order valence-corrected chi connectivity index (χ0v) is 7.19. The van der Waals surface area contributed by atoms with Crippen LogP contribution in [0.4, 0.5) is 0 Å². The molecule has 0 aromatic rings. The van der Waals surface area contributed by atoms with Crippen LogP contribution >= 0.6 is 0 Å². The van der Waals surface area contributed by atoms with Gasteiger partial charge in [-0.3, -0.25) is 0 Å². The van der Waals surface area contributed by atoms with Crippen LogP contribution in [0.1, 0.15) is 19.8 Å². The van der Waals surface area contributed by atoms with Gasteiger partial charge >= 0.3 is 5.97 Å². The SMILES string of the molecule is CCOC(=O)[C@H](O)[C@H]1C=CCC1. The summed E-state index contributed by atoms with van der Waals surface area (Å²) in [6.07, 6.45) is 4.68. The molecule has 2 atom stereocenters. The Morgan fingerprint density at radius 3 is 3.08 bits per heavy atom. The number of carbonyl (C=O) groups excluding carboxylic acids is 1. The fourth-order valence-electron chi connectivity index (χ4n) is 1.32. The van der Waals surface area contributed by atoms with Gasteiger partial charge in [-0.25, -0.2) is 4.79 Å². The summed E-state index contributed by atoms with van der Waals surface area (Å²) in [5.41, 5.74) is 0. The number of carbonyl (C=O) groups is 1. The first kappa shape index (κ1) is 9.26. The Morgan fingerprint density at radius 1 is 1.83 bits per heavy atom. The summed E-state index contributed by atoms with van der Waals surface area (Å²) in [6, 6.07) is 0. The van der Waals surface area contributed by atoms with E-state index in [4.69, 9.17) is 4.74 Å². The van der Waals surface area contributed by atoms with E-state index in [9.17, 15) is 9.90 Å². The van der Waals surface area contributed by atoms with E-state index in [2.05, 4.69) is 0 Å². The minimum atomic E-state index is -0.969.